The zero-order valence-corrected chi connectivity index (χ0v) is 15.9. The number of aliphatic hydroxyl groups excluding tert-OH is 1. The molecule has 0 aliphatic carbocycles. The number of rotatable bonds is 4. The first-order valence-electron chi connectivity index (χ1n) is 8.86. The van der Waals surface area contributed by atoms with Gasteiger partial charge in [0, 0.05) is 19.7 Å². The molecule has 0 saturated carbocycles. The molecule has 0 bridgehead atoms. The van der Waals surface area contributed by atoms with Crippen LogP contribution < -0.4 is 10.2 Å². The van der Waals surface area contributed by atoms with Gasteiger partial charge in [-0.25, -0.2) is 14.8 Å². The van der Waals surface area contributed by atoms with E-state index in [9.17, 15) is 14.7 Å². The third-order valence-corrected chi connectivity index (χ3v) is 4.68. The van der Waals surface area contributed by atoms with Gasteiger partial charge in [0.05, 0.1) is 24.4 Å². The van der Waals surface area contributed by atoms with Gasteiger partial charge in [-0.3, -0.25) is 19.6 Å². The van der Waals surface area contributed by atoms with E-state index in [1.807, 2.05) is 30.3 Å². The average molecular weight is 393 g/mol. The lowest BCUT2D eigenvalue weighted by Gasteiger charge is -2.34. The van der Waals surface area contributed by atoms with Gasteiger partial charge in [-0.05, 0) is 0 Å². The van der Waals surface area contributed by atoms with Crippen molar-refractivity contribution in [2.45, 2.75) is 12.8 Å². The first-order valence-corrected chi connectivity index (χ1v) is 8.86. The molecule has 29 heavy (non-hydrogen) atoms. The Balaban J connectivity index is 1.47. The zero-order valence-electron chi connectivity index (χ0n) is 15.9. The largest absolute Gasteiger partial charge is 0.368 e. The molecule has 3 aromatic rings. The monoisotopic (exact) mass is 393 g/mol. The quantitative estimate of drug-likeness (QED) is 0.693. The first kappa shape index (κ1) is 18.6. The number of imidazole rings is 1. The molecule has 1 atom stereocenters. The second kappa shape index (κ2) is 7.32. The molecule has 0 radical (unpaired) electrons. The van der Waals surface area contributed by atoms with Crippen LogP contribution in [0.3, 0.4) is 0 Å². The number of aromatic nitrogens is 4. The number of fused-ring (bicyclic) bond motifs is 1. The van der Waals surface area contributed by atoms with Crippen LogP contribution in [0.1, 0.15) is 11.9 Å². The van der Waals surface area contributed by atoms with Crippen LogP contribution >= 0.6 is 0 Å². The Labute approximate surface area is 166 Å². The molecule has 0 saturated heterocycles. The van der Waals surface area contributed by atoms with E-state index in [1.165, 1.54) is 33.9 Å². The van der Waals surface area contributed by atoms with Crippen molar-refractivity contribution in [3.8, 4) is 11.3 Å². The van der Waals surface area contributed by atoms with Crippen molar-refractivity contribution in [2.75, 3.05) is 24.3 Å². The summed E-state index contributed by atoms with van der Waals surface area (Å²) < 4.78 is 1.50. The summed E-state index contributed by atoms with van der Waals surface area (Å²) in [5.41, 5.74) is 2.00. The highest BCUT2D eigenvalue weighted by Gasteiger charge is 2.36. The Bertz CT molecular complexity index is 1050. The number of nitrogens with one attached hydrogen (secondary N) is 1. The van der Waals surface area contributed by atoms with Gasteiger partial charge in [-0.1, -0.05) is 30.3 Å². The van der Waals surface area contributed by atoms with E-state index in [0.717, 1.165) is 5.56 Å². The molecule has 1 aliphatic heterocycles. The zero-order chi connectivity index (χ0) is 20.5. The number of amides is 3. The number of anilines is 2. The maximum Gasteiger partial charge on any atom is 0.327 e. The molecule has 10 heteroatoms. The second-order valence-corrected chi connectivity index (χ2v) is 6.61. The standard InChI is InChI=1S/C19H19N7O3/c1-24-17-16(18(28)25(2)19(24)29)26(11-22-17)10-15(27)23-14-9-20-13(8-21-14)12-6-4-3-5-7-12/h3-9,11,18,28H,10H2,1-2H3,(H,21,23,27). The van der Waals surface area contributed by atoms with Crippen molar-refractivity contribution in [1.29, 1.82) is 0 Å². The summed E-state index contributed by atoms with van der Waals surface area (Å²) in [6, 6.07) is 9.21. The van der Waals surface area contributed by atoms with Crippen molar-refractivity contribution >= 4 is 23.6 Å². The Morgan fingerprint density at radius 3 is 2.59 bits per heavy atom. The lowest BCUT2D eigenvalue weighted by atomic mass is 10.2. The smallest absolute Gasteiger partial charge is 0.327 e. The van der Waals surface area contributed by atoms with Crippen molar-refractivity contribution in [2.24, 2.45) is 0 Å². The third-order valence-electron chi connectivity index (χ3n) is 4.68. The van der Waals surface area contributed by atoms with Crippen LogP contribution in [0, 0.1) is 0 Å². The van der Waals surface area contributed by atoms with Crippen LogP contribution in [0.25, 0.3) is 11.3 Å². The number of hydrogen-bond acceptors (Lipinski definition) is 6. The molecule has 0 spiro atoms. The van der Waals surface area contributed by atoms with Crippen molar-refractivity contribution in [1.82, 2.24) is 24.4 Å². The molecule has 1 unspecified atom stereocenters. The molecule has 2 aromatic heterocycles. The molecule has 2 N–H and O–H groups in total. The van der Waals surface area contributed by atoms with Crippen molar-refractivity contribution in [3.63, 3.8) is 0 Å². The predicted molar refractivity (Wildman–Crippen MR) is 105 cm³/mol. The van der Waals surface area contributed by atoms with Gasteiger partial charge in [0.1, 0.15) is 12.2 Å². The molecule has 4 rings (SSSR count). The van der Waals surface area contributed by atoms with E-state index in [-0.39, 0.29) is 18.5 Å². The third kappa shape index (κ3) is 3.41. The Hall–Kier alpha value is -3.79. The van der Waals surface area contributed by atoms with Gasteiger partial charge in [0.2, 0.25) is 5.91 Å². The van der Waals surface area contributed by atoms with Gasteiger partial charge >= 0.3 is 6.03 Å². The van der Waals surface area contributed by atoms with Gasteiger partial charge in [-0.2, -0.15) is 0 Å². The number of nitrogens with zero attached hydrogens (tertiary/aromatic N) is 6. The van der Waals surface area contributed by atoms with Gasteiger partial charge in [0.15, 0.2) is 17.9 Å². The number of carbonyl (C=O) groups excluding carboxylic acids is 2. The highest BCUT2D eigenvalue weighted by Crippen LogP contribution is 2.32. The molecule has 1 aliphatic rings. The minimum atomic E-state index is -1.19. The van der Waals surface area contributed by atoms with E-state index < -0.39 is 6.23 Å². The highest BCUT2D eigenvalue weighted by molar-refractivity contribution is 5.93. The summed E-state index contributed by atoms with van der Waals surface area (Å²) >= 11 is 0. The predicted octanol–water partition coefficient (Wildman–Crippen LogP) is 1.47. The highest BCUT2D eigenvalue weighted by atomic mass is 16.3. The summed E-state index contributed by atoms with van der Waals surface area (Å²) in [4.78, 5) is 39.7. The van der Waals surface area contributed by atoms with E-state index in [0.29, 0.717) is 23.0 Å². The maximum atomic E-state index is 12.5. The van der Waals surface area contributed by atoms with Crippen LogP contribution in [0.2, 0.25) is 0 Å². The normalized spacial score (nSPS) is 16.0. The van der Waals surface area contributed by atoms with Crippen LogP contribution in [-0.4, -0.2) is 55.6 Å². The summed E-state index contributed by atoms with van der Waals surface area (Å²) in [7, 11) is 3.04. The molecule has 1 aromatic carbocycles. The maximum absolute atomic E-state index is 12.5. The number of aliphatic hydroxyl groups is 1. The topological polar surface area (TPSA) is 116 Å². The van der Waals surface area contributed by atoms with Crippen LogP contribution in [0.4, 0.5) is 16.4 Å². The molecular weight excluding hydrogens is 374 g/mol. The fourth-order valence-corrected chi connectivity index (χ4v) is 3.13. The Morgan fingerprint density at radius 1 is 1.14 bits per heavy atom. The lowest BCUT2D eigenvalue weighted by molar-refractivity contribution is -0.116. The molecule has 10 nitrogen and oxygen atoms in total. The first-order chi connectivity index (χ1) is 14.0. The summed E-state index contributed by atoms with van der Waals surface area (Å²) in [6.45, 7) is -0.0998. The van der Waals surface area contributed by atoms with E-state index in [2.05, 4.69) is 20.3 Å². The van der Waals surface area contributed by atoms with Gasteiger partial charge < -0.3 is 15.0 Å². The van der Waals surface area contributed by atoms with Crippen LogP contribution in [0.5, 0.6) is 0 Å². The second-order valence-electron chi connectivity index (χ2n) is 6.61. The lowest BCUT2D eigenvalue weighted by Crippen LogP contribution is -2.46. The summed E-state index contributed by atoms with van der Waals surface area (Å²) in [5.74, 6) is 0.274. The Morgan fingerprint density at radius 2 is 1.90 bits per heavy atom. The molecule has 0 fully saturated rings. The number of carbonyl (C=O) groups is 2. The summed E-state index contributed by atoms with van der Waals surface area (Å²) in [5, 5.41) is 13.1. The minimum absolute atomic E-state index is 0.0998. The minimum Gasteiger partial charge on any atom is -0.368 e. The number of benzene rings is 1. The van der Waals surface area contributed by atoms with E-state index >= 15 is 0 Å². The van der Waals surface area contributed by atoms with E-state index in [4.69, 9.17) is 0 Å². The SMILES string of the molecule is CN1C(=O)N(C)C(O)c2c1ncn2CC(=O)Nc1cnc(-c2ccccc2)cn1. The van der Waals surface area contributed by atoms with Crippen molar-refractivity contribution < 1.29 is 14.7 Å². The number of hydrogen-bond donors (Lipinski definition) is 2. The molecule has 3 amide bonds. The number of urea groups is 1. The molecule has 148 valence electrons. The summed E-state index contributed by atoms with van der Waals surface area (Å²) in [6.07, 6.45) is 3.30. The van der Waals surface area contributed by atoms with Gasteiger partial charge in [-0.15, -0.1) is 0 Å². The average Bonchev–Trinajstić information content (AvgIpc) is 3.15. The fourth-order valence-electron chi connectivity index (χ4n) is 3.13. The van der Waals surface area contributed by atoms with Gasteiger partial charge in [0.25, 0.3) is 0 Å². The molecular formula is C19H19N7O3. The fraction of sp³-hybridized carbons (Fsp3) is 0.211. The van der Waals surface area contributed by atoms with Crippen LogP contribution in [-0.2, 0) is 11.3 Å². The van der Waals surface area contributed by atoms with E-state index in [1.54, 1.807) is 13.2 Å². The Kier molecular flexibility index (Phi) is 4.69. The van der Waals surface area contributed by atoms with Crippen molar-refractivity contribution in [3.05, 3.63) is 54.7 Å². The molecule has 3 heterocycles. The van der Waals surface area contributed by atoms with Crippen LogP contribution in [0.15, 0.2) is 49.1 Å².